The standard InChI is InChI=1S/C13H17N3O/c14-8-11-12(9-2-1-3-9)15-16-13(11)10-4-6-17-7-5-10/h9-10H,1-7H2,(H,15,16). The first-order chi connectivity index (χ1) is 8.40. The van der Waals surface area contributed by atoms with Crippen molar-refractivity contribution in [3.8, 4) is 6.07 Å². The molecule has 2 heterocycles. The van der Waals surface area contributed by atoms with Gasteiger partial charge in [0.25, 0.3) is 0 Å². The summed E-state index contributed by atoms with van der Waals surface area (Å²) in [7, 11) is 0. The second kappa shape index (κ2) is 4.50. The minimum atomic E-state index is 0.430. The van der Waals surface area contributed by atoms with E-state index >= 15 is 0 Å². The largest absolute Gasteiger partial charge is 0.381 e. The minimum Gasteiger partial charge on any atom is -0.381 e. The van der Waals surface area contributed by atoms with Crippen molar-refractivity contribution in [2.24, 2.45) is 0 Å². The Balaban J connectivity index is 1.88. The van der Waals surface area contributed by atoms with Gasteiger partial charge in [0.05, 0.1) is 17.0 Å². The molecule has 1 aliphatic heterocycles. The van der Waals surface area contributed by atoms with Crippen LogP contribution in [0.5, 0.6) is 0 Å². The molecule has 0 spiro atoms. The molecule has 3 rings (SSSR count). The highest BCUT2D eigenvalue weighted by atomic mass is 16.5. The molecule has 90 valence electrons. The van der Waals surface area contributed by atoms with E-state index in [1.165, 1.54) is 19.3 Å². The van der Waals surface area contributed by atoms with Crippen molar-refractivity contribution < 1.29 is 4.74 Å². The number of nitriles is 1. The van der Waals surface area contributed by atoms with E-state index in [1.54, 1.807) is 0 Å². The molecule has 1 aromatic rings. The van der Waals surface area contributed by atoms with Gasteiger partial charge in [-0.05, 0) is 25.7 Å². The minimum absolute atomic E-state index is 0.430. The summed E-state index contributed by atoms with van der Waals surface area (Å²) in [5.74, 6) is 0.953. The van der Waals surface area contributed by atoms with E-state index < -0.39 is 0 Å². The maximum Gasteiger partial charge on any atom is 0.103 e. The highest BCUT2D eigenvalue weighted by Gasteiger charge is 2.29. The van der Waals surface area contributed by atoms with Crippen LogP contribution in [0.1, 0.15) is 60.9 Å². The van der Waals surface area contributed by atoms with Gasteiger partial charge in [0.1, 0.15) is 6.07 Å². The fourth-order valence-electron chi connectivity index (χ4n) is 2.75. The summed E-state index contributed by atoms with van der Waals surface area (Å²) in [6.45, 7) is 1.60. The lowest BCUT2D eigenvalue weighted by Gasteiger charge is -2.24. The zero-order chi connectivity index (χ0) is 11.7. The third-order valence-corrected chi connectivity index (χ3v) is 4.06. The number of H-pyrrole nitrogens is 1. The van der Waals surface area contributed by atoms with Crippen LogP contribution in [-0.4, -0.2) is 23.4 Å². The van der Waals surface area contributed by atoms with Gasteiger partial charge in [-0.2, -0.15) is 10.4 Å². The molecule has 0 atom stereocenters. The predicted molar refractivity (Wildman–Crippen MR) is 62.7 cm³/mol. The lowest BCUT2D eigenvalue weighted by molar-refractivity contribution is 0.0844. The van der Waals surface area contributed by atoms with Gasteiger partial charge in [-0.25, -0.2) is 0 Å². The van der Waals surface area contributed by atoms with Gasteiger partial charge in [-0.1, -0.05) is 6.42 Å². The Hall–Kier alpha value is -1.34. The SMILES string of the molecule is N#Cc1c(C2CCC2)n[nH]c1C1CCOCC1. The topological polar surface area (TPSA) is 61.7 Å². The van der Waals surface area contributed by atoms with Gasteiger partial charge in [-0.3, -0.25) is 5.10 Å². The van der Waals surface area contributed by atoms with Gasteiger partial charge in [-0.15, -0.1) is 0 Å². The zero-order valence-corrected chi connectivity index (χ0v) is 9.91. The van der Waals surface area contributed by atoms with Crippen LogP contribution in [0.2, 0.25) is 0 Å². The molecule has 4 heteroatoms. The van der Waals surface area contributed by atoms with E-state index in [9.17, 15) is 5.26 Å². The van der Waals surface area contributed by atoms with Crippen molar-refractivity contribution in [1.82, 2.24) is 10.2 Å². The second-order valence-corrected chi connectivity index (χ2v) is 5.02. The second-order valence-electron chi connectivity index (χ2n) is 5.02. The molecule has 1 saturated heterocycles. The van der Waals surface area contributed by atoms with Crippen LogP contribution in [-0.2, 0) is 4.74 Å². The molecule has 0 amide bonds. The average molecular weight is 231 g/mol. The Kier molecular flexibility index (Phi) is 2.86. The Morgan fingerprint density at radius 3 is 2.53 bits per heavy atom. The number of ether oxygens (including phenoxy) is 1. The number of nitrogens with zero attached hydrogens (tertiary/aromatic N) is 2. The summed E-state index contributed by atoms with van der Waals surface area (Å²) >= 11 is 0. The van der Waals surface area contributed by atoms with E-state index in [2.05, 4.69) is 16.3 Å². The average Bonchev–Trinajstić information content (AvgIpc) is 2.71. The van der Waals surface area contributed by atoms with Crippen molar-refractivity contribution >= 4 is 0 Å². The van der Waals surface area contributed by atoms with E-state index in [4.69, 9.17) is 4.74 Å². The Bertz CT molecular complexity index is 436. The third kappa shape index (κ3) is 1.85. The lowest BCUT2D eigenvalue weighted by atomic mass is 9.80. The van der Waals surface area contributed by atoms with Crippen LogP contribution in [0.25, 0.3) is 0 Å². The first-order valence-electron chi connectivity index (χ1n) is 6.46. The quantitative estimate of drug-likeness (QED) is 0.850. The Morgan fingerprint density at radius 2 is 1.94 bits per heavy atom. The highest BCUT2D eigenvalue weighted by molar-refractivity contribution is 5.41. The lowest BCUT2D eigenvalue weighted by Crippen LogP contribution is -2.15. The number of hydrogen-bond donors (Lipinski definition) is 1. The van der Waals surface area contributed by atoms with Gasteiger partial charge >= 0.3 is 0 Å². The molecule has 0 unspecified atom stereocenters. The number of rotatable bonds is 2. The molecular weight excluding hydrogens is 214 g/mol. The highest BCUT2D eigenvalue weighted by Crippen LogP contribution is 2.39. The zero-order valence-electron chi connectivity index (χ0n) is 9.91. The van der Waals surface area contributed by atoms with E-state index in [1.807, 2.05) is 0 Å². The fourth-order valence-corrected chi connectivity index (χ4v) is 2.75. The van der Waals surface area contributed by atoms with Crippen LogP contribution in [0.3, 0.4) is 0 Å². The van der Waals surface area contributed by atoms with Gasteiger partial charge in [0.2, 0.25) is 0 Å². The van der Waals surface area contributed by atoms with Crippen molar-refractivity contribution in [3.63, 3.8) is 0 Å². The molecule has 2 aliphatic rings. The maximum atomic E-state index is 9.35. The molecule has 0 aromatic carbocycles. The monoisotopic (exact) mass is 231 g/mol. The van der Waals surface area contributed by atoms with Crippen molar-refractivity contribution in [1.29, 1.82) is 5.26 Å². The van der Waals surface area contributed by atoms with Crippen molar-refractivity contribution in [2.45, 2.75) is 43.9 Å². The number of nitrogens with one attached hydrogen (secondary N) is 1. The summed E-state index contributed by atoms with van der Waals surface area (Å²) in [5, 5.41) is 16.9. The molecule has 1 N–H and O–H groups in total. The fraction of sp³-hybridized carbons (Fsp3) is 0.692. The molecule has 17 heavy (non-hydrogen) atoms. The smallest absolute Gasteiger partial charge is 0.103 e. The van der Waals surface area contributed by atoms with Gasteiger partial charge < -0.3 is 4.74 Å². The molecule has 2 fully saturated rings. The maximum absolute atomic E-state index is 9.35. The van der Waals surface area contributed by atoms with E-state index in [-0.39, 0.29) is 0 Å². The summed E-state index contributed by atoms with van der Waals surface area (Å²) < 4.78 is 5.36. The Morgan fingerprint density at radius 1 is 1.18 bits per heavy atom. The first kappa shape index (κ1) is 10.8. The van der Waals surface area contributed by atoms with E-state index in [0.717, 1.165) is 43.0 Å². The van der Waals surface area contributed by atoms with Crippen LogP contribution < -0.4 is 0 Å². The van der Waals surface area contributed by atoms with Crippen molar-refractivity contribution in [3.05, 3.63) is 17.0 Å². The van der Waals surface area contributed by atoms with Crippen LogP contribution in [0.15, 0.2) is 0 Å². The van der Waals surface area contributed by atoms with Gasteiger partial charge in [0.15, 0.2) is 0 Å². The normalized spacial score (nSPS) is 22.1. The van der Waals surface area contributed by atoms with Crippen molar-refractivity contribution in [2.75, 3.05) is 13.2 Å². The van der Waals surface area contributed by atoms with Crippen LogP contribution in [0.4, 0.5) is 0 Å². The van der Waals surface area contributed by atoms with Crippen LogP contribution >= 0.6 is 0 Å². The molecule has 1 aliphatic carbocycles. The molecule has 0 bridgehead atoms. The molecular formula is C13H17N3O. The predicted octanol–water partition coefficient (Wildman–Crippen LogP) is 2.44. The molecule has 1 aromatic heterocycles. The molecule has 0 radical (unpaired) electrons. The van der Waals surface area contributed by atoms with Crippen LogP contribution in [0, 0.1) is 11.3 Å². The summed E-state index contributed by atoms with van der Waals surface area (Å²) in [6, 6.07) is 2.36. The summed E-state index contributed by atoms with van der Waals surface area (Å²) in [5.41, 5.74) is 2.89. The summed E-state index contributed by atoms with van der Waals surface area (Å²) in [4.78, 5) is 0. The Labute approximate surface area is 101 Å². The van der Waals surface area contributed by atoms with E-state index in [0.29, 0.717) is 11.8 Å². The molecule has 4 nitrogen and oxygen atoms in total. The third-order valence-electron chi connectivity index (χ3n) is 4.06. The number of aromatic amines is 1. The van der Waals surface area contributed by atoms with Gasteiger partial charge in [0, 0.05) is 25.0 Å². The first-order valence-corrected chi connectivity index (χ1v) is 6.46. The number of aromatic nitrogens is 2. The number of hydrogen-bond acceptors (Lipinski definition) is 3. The summed E-state index contributed by atoms with van der Waals surface area (Å²) in [6.07, 6.45) is 5.65. The molecule has 1 saturated carbocycles.